The number of likely N-dealkylation sites (N-methyl/N-ethyl adjacent to an activating group) is 1. The van der Waals surface area contributed by atoms with E-state index in [9.17, 15) is 4.79 Å². The van der Waals surface area contributed by atoms with Crippen molar-refractivity contribution in [3.05, 3.63) is 12.3 Å². The molecule has 1 aliphatic rings. The molecule has 2 unspecified atom stereocenters. The molecule has 1 aromatic heterocycles. The van der Waals surface area contributed by atoms with Crippen LogP contribution in [0.5, 0.6) is 0 Å². The Morgan fingerprint density at radius 3 is 3.05 bits per heavy atom. The Bertz CT molecular complexity index is 430. The molecular weight excluding hydrogens is 244 g/mol. The molecule has 1 aliphatic heterocycles. The van der Waals surface area contributed by atoms with Crippen molar-refractivity contribution in [2.75, 3.05) is 25.1 Å². The molecule has 0 radical (unpaired) electrons. The van der Waals surface area contributed by atoms with Crippen LogP contribution in [-0.4, -0.2) is 41.5 Å². The summed E-state index contributed by atoms with van der Waals surface area (Å²) in [6.07, 6.45) is 1.70. The van der Waals surface area contributed by atoms with Crippen LogP contribution in [0.2, 0.25) is 0 Å². The number of hydrogen-bond acceptors (Lipinski definition) is 4. The maximum Gasteiger partial charge on any atom is 0.232 e. The molecule has 2 heterocycles. The lowest BCUT2D eigenvalue weighted by Gasteiger charge is -2.18. The van der Waals surface area contributed by atoms with Gasteiger partial charge < -0.3 is 15.4 Å². The third-order valence-corrected chi connectivity index (χ3v) is 3.29. The molecule has 1 amide bonds. The van der Waals surface area contributed by atoms with Gasteiger partial charge in [-0.25, -0.2) is 4.68 Å². The molecule has 1 aromatic rings. The summed E-state index contributed by atoms with van der Waals surface area (Å²) >= 11 is 0. The van der Waals surface area contributed by atoms with Crippen molar-refractivity contribution in [3.8, 4) is 0 Å². The van der Waals surface area contributed by atoms with E-state index in [0.29, 0.717) is 13.2 Å². The molecule has 0 spiro atoms. The summed E-state index contributed by atoms with van der Waals surface area (Å²) < 4.78 is 7.20. The highest BCUT2D eigenvalue weighted by molar-refractivity contribution is 5.92. The SMILES string of the molecule is CCNC1COCC1C(=O)Nc1ccnn1C(C)C. The molecular formula is C13H22N4O2. The third-order valence-electron chi connectivity index (χ3n) is 3.29. The molecule has 106 valence electrons. The van der Waals surface area contributed by atoms with E-state index in [2.05, 4.69) is 15.7 Å². The first-order valence-electron chi connectivity index (χ1n) is 6.79. The molecule has 2 atom stereocenters. The van der Waals surface area contributed by atoms with Crippen LogP contribution in [0.15, 0.2) is 12.3 Å². The number of amides is 1. The maximum atomic E-state index is 12.3. The summed E-state index contributed by atoms with van der Waals surface area (Å²) in [7, 11) is 0. The zero-order chi connectivity index (χ0) is 13.8. The standard InChI is InChI=1S/C13H22N4O2/c1-4-14-11-8-19-7-10(11)13(18)16-12-5-6-15-17(12)9(2)3/h5-6,9-11,14H,4,7-8H2,1-3H3,(H,16,18). The lowest BCUT2D eigenvalue weighted by Crippen LogP contribution is -2.41. The Hall–Kier alpha value is -1.40. The van der Waals surface area contributed by atoms with Gasteiger partial charge in [0.2, 0.25) is 5.91 Å². The van der Waals surface area contributed by atoms with E-state index in [4.69, 9.17) is 4.74 Å². The quantitative estimate of drug-likeness (QED) is 0.835. The van der Waals surface area contributed by atoms with Gasteiger partial charge in [0, 0.05) is 18.2 Å². The normalized spacial score (nSPS) is 22.9. The average molecular weight is 266 g/mol. The highest BCUT2D eigenvalue weighted by atomic mass is 16.5. The van der Waals surface area contributed by atoms with Crippen LogP contribution >= 0.6 is 0 Å². The van der Waals surface area contributed by atoms with Gasteiger partial charge in [0.05, 0.1) is 25.3 Å². The lowest BCUT2D eigenvalue weighted by atomic mass is 10.0. The third kappa shape index (κ3) is 3.13. The Morgan fingerprint density at radius 1 is 1.58 bits per heavy atom. The van der Waals surface area contributed by atoms with Gasteiger partial charge in [0.25, 0.3) is 0 Å². The largest absolute Gasteiger partial charge is 0.379 e. The van der Waals surface area contributed by atoms with Gasteiger partial charge in [-0.15, -0.1) is 0 Å². The van der Waals surface area contributed by atoms with Crippen LogP contribution in [0.25, 0.3) is 0 Å². The van der Waals surface area contributed by atoms with Gasteiger partial charge >= 0.3 is 0 Å². The predicted molar refractivity (Wildman–Crippen MR) is 73.0 cm³/mol. The highest BCUT2D eigenvalue weighted by Gasteiger charge is 2.33. The molecule has 6 heteroatoms. The second-order valence-electron chi connectivity index (χ2n) is 5.05. The Balaban J connectivity index is 2.02. The summed E-state index contributed by atoms with van der Waals surface area (Å²) in [5, 5.41) is 10.4. The van der Waals surface area contributed by atoms with Crippen LogP contribution in [0.4, 0.5) is 5.82 Å². The van der Waals surface area contributed by atoms with Crippen molar-refractivity contribution in [2.24, 2.45) is 5.92 Å². The first kappa shape index (κ1) is 14.0. The van der Waals surface area contributed by atoms with Crippen molar-refractivity contribution in [2.45, 2.75) is 32.9 Å². The summed E-state index contributed by atoms with van der Waals surface area (Å²) in [4.78, 5) is 12.3. The lowest BCUT2D eigenvalue weighted by molar-refractivity contribution is -0.120. The number of anilines is 1. The monoisotopic (exact) mass is 266 g/mol. The fourth-order valence-electron chi connectivity index (χ4n) is 2.32. The highest BCUT2D eigenvalue weighted by Crippen LogP contribution is 2.18. The summed E-state index contributed by atoms with van der Waals surface area (Å²) in [5.74, 6) is 0.587. The second kappa shape index (κ2) is 6.16. The minimum atomic E-state index is -0.143. The van der Waals surface area contributed by atoms with Crippen molar-refractivity contribution in [3.63, 3.8) is 0 Å². The number of nitrogens with zero attached hydrogens (tertiary/aromatic N) is 2. The van der Waals surface area contributed by atoms with Crippen LogP contribution in [0.1, 0.15) is 26.8 Å². The molecule has 0 aromatic carbocycles. The van der Waals surface area contributed by atoms with E-state index in [1.807, 2.05) is 26.8 Å². The number of carbonyl (C=O) groups is 1. The topological polar surface area (TPSA) is 68.2 Å². The number of ether oxygens (including phenoxy) is 1. The maximum absolute atomic E-state index is 12.3. The van der Waals surface area contributed by atoms with Crippen molar-refractivity contribution >= 4 is 11.7 Å². The molecule has 0 aliphatic carbocycles. The number of hydrogen-bond donors (Lipinski definition) is 2. The first-order valence-corrected chi connectivity index (χ1v) is 6.79. The number of nitrogens with one attached hydrogen (secondary N) is 2. The fraction of sp³-hybridized carbons (Fsp3) is 0.692. The second-order valence-corrected chi connectivity index (χ2v) is 5.05. The average Bonchev–Trinajstić information content (AvgIpc) is 2.98. The zero-order valence-corrected chi connectivity index (χ0v) is 11.7. The minimum Gasteiger partial charge on any atom is -0.379 e. The Kier molecular flexibility index (Phi) is 4.55. The molecule has 0 saturated carbocycles. The molecule has 2 rings (SSSR count). The Morgan fingerprint density at radius 2 is 2.37 bits per heavy atom. The van der Waals surface area contributed by atoms with Gasteiger partial charge in [-0.1, -0.05) is 6.92 Å². The zero-order valence-electron chi connectivity index (χ0n) is 11.7. The van der Waals surface area contributed by atoms with Gasteiger partial charge in [-0.05, 0) is 20.4 Å². The van der Waals surface area contributed by atoms with Crippen molar-refractivity contribution < 1.29 is 9.53 Å². The van der Waals surface area contributed by atoms with E-state index in [-0.39, 0.29) is 23.9 Å². The van der Waals surface area contributed by atoms with Gasteiger partial charge in [-0.3, -0.25) is 4.79 Å². The number of carbonyl (C=O) groups excluding carboxylic acids is 1. The molecule has 0 bridgehead atoms. The van der Waals surface area contributed by atoms with Crippen molar-refractivity contribution in [1.82, 2.24) is 15.1 Å². The van der Waals surface area contributed by atoms with E-state index >= 15 is 0 Å². The molecule has 2 N–H and O–H groups in total. The molecule has 19 heavy (non-hydrogen) atoms. The van der Waals surface area contributed by atoms with Crippen molar-refractivity contribution in [1.29, 1.82) is 0 Å². The first-order chi connectivity index (χ1) is 9.13. The predicted octanol–water partition coefficient (Wildman–Crippen LogP) is 1.03. The van der Waals surface area contributed by atoms with Gasteiger partial charge in [0.1, 0.15) is 5.82 Å². The summed E-state index contributed by atoms with van der Waals surface area (Å²) in [6.45, 7) is 7.99. The summed E-state index contributed by atoms with van der Waals surface area (Å²) in [6, 6.07) is 2.13. The fourth-order valence-corrected chi connectivity index (χ4v) is 2.32. The Labute approximate surface area is 113 Å². The van der Waals surface area contributed by atoms with Crippen LogP contribution in [0, 0.1) is 5.92 Å². The van der Waals surface area contributed by atoms with Crippen LogP contribution in [-0.2, 0) is 9.53 Å². The van der Waals surface area contributed by atoms with Crippen LogP contribution in [0.3, 0.4) is 0 Å². The number of rotatable bonds is 5. The van der Waals surface area contributed by atoms with E-state index in [0.717, 1.165) is 12.4 Å². The molecule has 6 nitrogen and oxygen atoms in total. The van der Waals surface area contributed by atoms with Gasteiger partial charge in [-0.2, -0.15) is 5.10 Å². The summed E-state index contributed by atoms with van der Waals surface area (Å²) in [5.41, 5.74) is 0. The number of aromatic nitrogens is 2. The smallest absolute Gasteiger partial charge is 0.232 e. The van der Waals surface area contributed by atoms with E-state index in [1.54, 1.807) is 10.9 Å². The molecule has 1 fully saturated rings. The van der Waals surface area contributed by atoms with E-state index < -0.39 is 0 Å². The van der Waals surface area contributed by atoms with Gasteiger partial charge in [0.15, 0.2) is 0 Å². The van der Waals surface area contributed by atoms with Crippen LogP contribution < -0.4 is 10.6 Å². The van der Waals surface area contributed by atoms with E-state index in [1.165, 1.54) is 0 Å². The molecule has 1 saturated heterocycles. The minimum absolute atomic E-state index is 0.00847.